The van der Waals surface area contributed by atoms with E-state index in [4.69, 9.17) is 0 Å². The molecule has 0 saturated carbocycles. The van der Waals surface area contributed by atoms with E-state index in [2.05, 4.69) is 52.9 Å². The van der Waals surface area contributed by atoms with E-state index in [0.717, 1.165) is 20.1 Å². The first-order valence-electron chi connectivity index (χ1n) is 8.16. The Bertz CT molecular complexity index is 799. The molecular weight excluding hydrogens is 476 g/mol. The smallest absolute Gasteiger partial charge is 0.252 e. The van der Waals surface area contributed by atoms with E-state index in [9.17, 15) is 9.59 Å². The normalized spacial score (nSPS) is 11.3. The quantitative estimate of drug-likeness (QED) is 0.349. The summed E-state index contributed by atoms with van der Waals surface area (Å²) < 4.78 is 1.82. The van der Waals surface area contributed by atoms with Crippen LogP contribution in [-0.2, 0) is 9.59 Å². The predicted molar refractivity (Wildman–Crippen MR) is 114 cm³/mol. The zero-order valence-corrected chi connectivity index (χ0v) is 17.7. The van der Waals surface area contributed by atoms with Crippen LogP contribution in [0.3, 0.4) is 0 Å². The number of hydrogen-bond donors (Lipinski definition) is 2. The molecule has 0 radical (unpaired) electrons. The van der Waals surface area contributed by atoms with Crippen molar-refractivity contribution in [1.82, 2.24) is 10.9 Å². The van der Waals surface area contributed by atoms with Gasteiger partial charge >= 0.3 is 0 Å². The van der Waals surface area contributed by atoms with Crippen molar-refractivity contribution in [2.24, 2.45) is 16.1 Å². The van der Waals surface area contributed by atoms with Crippen LogP contribution < -0.4 is 10.9 Å². The molecule has 140 valence electrons. The van der Waals surface area contributed by atoms with Crippen molar-refractivity contribution < 1.29 is 9.59 Å². The van der Waals surface area contributed by atoms with Crippen LogP contribution in [0.25, 0.3) is 0 Å². The van der Waals surface area contributed by atoms with Crippen LogP contribution in [0.15, 0.2) is 67.7 Å². The van der Waals surface area contributed by atoms with E-state index in [-0.39, 0.29) is 0 Å². The number of halogens is 2. The molecule has 0 spiro atoms. The molecule has 8 heteroatoms. The second-order valence-corrected chi connectivity index (χ2v) is 7.37. The van der Waals surface area contributed by atoms with Crippen LogP contribution in [0.2, 0.25) is 0 Å². The van der Waals surface area contributed by atoms with Gasteiger partial charge in [-0.25, -0.2) is 10.9 Å². The van der Waals surface area contributed by atoms with Crippen molar-refractivity contribution >= 4 is 56.1 Å². The number of carbonyl (C=O) groups excluding carboxylic acids is 2. The summed E-state index contributed by atoms with van der Waals surface area (Å²) in [6, 6.07) is 14.9. The molecular formula is C19H18Br2N4O2. The molecule has 6 nitrogen and oxygen atoms in total. The highest BCUT2D eigenvalue weighted by atomic mass is 79.9. The Balaban J connectivity index is 1.90. The van der Waals surface area contributed by atoms with Crippen molar-refractivity contribution in [3.05, 3.63) is 68.6 Å². The van der Waals surface area contributed by atoms with Gasteiger partial charge in [0.1, 0.15) is 5.92 Å². The summed E-state index contributed by atoms with van der Waals surface area (Å²) in [7, 11) is 0. The standard InChI is InChI=1S/C19H18Br2N4O2/c1-2-17(18(26)24-22-11-13-5-3-7-15(20)9-13)19(27)25-23-12-14-6-4-8-16(21)10-14/h3-12,17H,2H2,1H3,(H,24,26)(H,25,27)/b22-11+,23-12+. The Morgan fingerprint density at radius 3 is 1.74 bits per heavy atom. The summed E-state index contributed by atoms with van der Waals surface area (Å²) in [5, 5.41) is 7.80. The Hall–Kier alpha value is -2.32. The lowest BCUT2D eigenvalue weighted by atomic mass is 10.1. The molecule has 0 heterocycles. The lowest BCUT2D eigenvalue weighted by Crippen LogP contribution is -2.37. The van der Waals surface area contributed by atoms with Crippen molar-refractivity contribution in [2.75, 3.05) is 0 Å². The minimum absolute atomic E-state index is 0.330. The number of benzene rings is 2. The maximum atomic E-state index is 12.2. The number of rotatable bonds is 7. The van der Waals surface area contributed by atoms with Crippen LogP contribution >= 0.6 is 31.9 Å². The molecule has 2 N–H and O–H groups in total. The Kier molecular flexibility index (Phi) is 8.35. The van der Waals surface area contributed by atoms with Gasteiger partial charge < -0.3 is 0 Å². The highest BCUT2D eigenvalue weighted by Gasteiger charge is 2.24. The monoisotopic (exact) mass is 492 g/mol. The first kappa shape index (κ1) is 21.0. The van der Waals surface area contributed by atoms with Gasteiger partial charge in [-0.3, -0.25) is 9.59 Å². The molecule has 27 heavy (non-hydrogen) atoms. The molecule has 2 rings (SSSR count). The lowest BCUT2D eigenvalue weighted by Gasteiger charge is -2.10. The maximum Gasteiger partial charge on any atom is 0.252 e. The fraction of sp³-hybridized carbons (Fsp3) is 0.158. The zero-order chi connectivity index (χ0) is 19.6. The van der Waals surface area contributed by atoms with Crippen LogP contribution in [0.1, 0.15) is 24.5 Å². The van der Waals surface area contributed by atoms with Crippen molar-refractivity contribution in [3.63, 3.8) is 0 Å². The summed E-state index contributed by atoms with van der Waals surface area (Å²) in [4.78, 5) is 24.4. The van der Waals surface area contributed by atoms with Crippen LogP contribution in [-0.4, -0.2) is 24.2 Å². The lowest BCUT2D eigenvalue weighted by molar-refractivity contribution is -0.135. The highest BCUT2D eigenvalue weighted by molar-refractivity contribution is 9.10. The SMILES string of the molecule is CCC(C(=O)N/N=C/c1cccc(Br)c1)C(=O)N/N=C/c1cccc(Br)c1. The molecule has 0 aliphatic heterocycles. The van der Waals surface area contributed by atoms with Gasteiger partial charge in [-0.15, -0.1) is 0 Å². The Labute approximate surface area is 174 Å². The number of hydrogen-bond acceptors (Lipinski definition) is 4. The first-order valence-corrected chi connectivity index (χ1v) is 9.75. The Morgan fingerprint density at radius 1 is 0.926 bits per heavy atom. The minimum atomic E-state index is -0.885. The maximum absolute atomic E-state index is 12.2. The molecule has 0 bridgehead atoms. The topological polar surface area (TPSA) is 82.9 Å². The van der Waals surface area contributed by atoms with Crippen LogP contribution in [0, 0.1) is 5.92 Å². The number of hydrazone groups is 2. The molecule has 0 fully saturated rings. The molecule has 0 saturated heterocycles. The van der Waals surface area contributed by atoms with Gasteiger partial charge in [-0.05, 0) is 41.8 Å². The molecule has 0 aliphatic carbocycles. The van der Waals surface area contributed by atoms with E-state index in [1.54, 1.807) is 6.92 Å². The van der Waals surface area contributed by atoms with Gasteiger partial charge in [0.15, 0.2) is 0 Å². The second kappa shape index (κ2) is 10.7. The van der Waals surface area contributed by atoms with Gasteiger partial charge in [-0.2, -0.15) is 10.2 Å². The second-order valence-electron chi connectivity index (χ2n) is 5.54. The van der Waals surface area contributed by atoms with E-state index in [1.807, 2.05) is 48.5 Å². The van der Waals surface area contributed by atoms with E-state index in [0.29, 0.717) is 6.42 Å². The minimum Gasteiger partial charge on any atom is -0.272 e. The van der Waals surface area contributed by atoms with Crippen molar-refractivity contribution in [2.45, 2.75) is 13.3 Å². The summed E-state index contributed by atoms with van der Waals surface area (Å²) in [5.74, 6) is -1.86. The third-order valence-corrected chi connectivity index (χ3v) is 4.50. The summed E-state index contributed by atoms with van der Waals surface area (Å²) >= 11 is 6.73. The molecule has 0 unspecified atom stereocenters. The largest absolute Gasteiger partial charge is 0.272 e. The molecule has 0 aromatic heterocycles. The van der Waals surface area contributed by atoms with Gasteiger partial charge in [0.25, 0.3) is 11.8 Å². The third-order valence-electron chi connectivity index (χ3n) is 3.52. The van der Waals surface area contributed by atoms with Gasteiger partial charge in [-0.1, -0.05) is 63.0 Å². The molecule has 2 aromatic carbocycles. The molecule has 2 amide bonds. The summed E-state index contributed by atoms with van der Waals surface area (Å²) in [6.45, 7) is 1.75. The highest BCUT2D eigenvalue weighted by Crippen LogP contribution is 2.11. The van der Waals surface area contributed by atoms with E-state index in [1.165, 1.54) is 12.4 Å². The number of nitrogens with zero attached hydrogens (tertiary/aromatic N) is 2. The van der Waals surface area contributed by atoms with Crippen LogP contribution in [0.4, 0.5) is 0 Å². The summed E-state index contributed by atoms with van der Waals surface area (Å²) in [6.07, 6.45) is 3.36. The number of amides is 2. The van der Waals surface area contributed by atoms with Crippen molar-refractivity contribution in [1.29, 1.82) is 0 Å². The predicted octanol–water partition coefficient (Wildman–Crippen LogP) is 3.84. The zero-order valence-electron chi connectivity index (χ0n) is 14.5. The number of carbonyl (C=O) groups is 2. The third kappa shape index (κ3) is 7.07. The van der Waals surface area contributed by atoms with E-state index >= 15 is 0 Å². The molecule has 0 aliphatic rings. The van der Waals surface area contributed by atoms with Gasteiger partial charge in [0, 0.05) is 8.95 Å². The van der Waals surface area contributed by atoms with Crippen molar-refractivity contribution in [3.8, 4) is 0 Å². The molecule has 2 aromatic rings. The first-order chi connectivity index (χ1) is 13.0. The molecule has 0 atom stereocenters. The van der Waals surface area contributed by atoms with E-state index < -0.39 is 17.7 Å². The number of nitrogens with one attached hydrogen (secondary N) is 2. The average Bonchev–Trinajstić information content (AvgIpc) is 2.62. The average molecular weight is 494 g/mol. The fourth-order valence-corrected chi connectivity index (χ4v) is 2.99. The van der Waals surface area contributed by atoms with Crippen LogP contribution in [0.5, 0.6) is 0 Å². The summed E-state index contributed by atoms with van der Waals surface area (Å²) in [5.41, 5.74) is 6.43. The Morgan fingerprint density at radius 2 is 1.37 bits per heavy atom. The van der Waals surface area contributed by atoms with Gasteiger partial charge in [0.2, 0.25) is 0 Å². The van der Waals surface area contributed by atoms with Gasteiger partial charge in [0.05, 0.1) is 12.4 Å². The fourth-order valence-electron chi connectivity index (χ4n) is 2.16.